The number of fused-ring (bicyclic) bond motifs is 1. The minimum absolute atomic E-state index is 0.165. The van der Waals surface area contributed by atoms with Crippen molar-refractivity contribution in [1.29, 1.82) is 0 Å². The summed E-state index contributed by atoms with van der Waals surface area (Å²) in [5.41, 5.74) is 3.10. The highest BCUT2D eigenvalue weighted by Gasteiger charge is 2.51. The SMILES string of the molecule is CC1(C)OB(c2ccc3ncn(C4CN(C(=O)OCc5ccccc5)C4)c3c2)OC1(C)C. The Kier molecular flexibility index (Phi) is 5.02. The van der Waals surface area contributed by atoms with Gasteiger partial charge in [-0.1, -0.05) is 36.4 Å². The van der Waals surface area contributed by atoms with Gasteiger partial charge in [0.05, 0.1) is 34.6 Å². The highest BCUT2D eigenvalue weighted by Crippen LogP contribution is 2.36. The summed E-state index contributed by atoms with van der Waals surface area (Å²) in [6.45, 7) is 9.68. The molecule has 0 spiro atoms. The first-order valence-electron chi connectivity index (χ1n) is 11.0. The first kappa shape index (κ1) is 21.0. The van der Waals surface area contributed by atoms with Crippen LogP contribution in [0.4, 0.5) is 4.79 Å². The van der Waals surface area contributed by atoms with Crippen LogP contribution in [-0.4, -0.2) is 52.0 Å². The summed E-state index contributed by atoms with van der Waals surface area (Å²) >= 11 is 0. The molecular weight excluding hydrogens is 405 g/mol. The number of aromatic nitrogens is 2. The molecule has 0 radical (unpaired) electrons. The number of hydrogen-bond donors (Lipinski definition) is 0. The second-order valence-electron chi connectivity index (χ2n) is 9.59. The van der Waals surface area contributed by atoms with Gasteiger partial charge in [-0.2, -0.15) is 0 Å². The minimum atomic E-state index is -0.418. The molecular formula is C24H28BN3O4. The van der Waals surface area contributed by atoms with Crippen LogP contribution in [0.3, 0.4) is 0 Å². The van der Waals surface area contributed by atoms with Crippen molar-refractivity contribution in [2.75, 3.05) is 13.1 Å². The summed E-state index contributed by atoms with van der Waals surface area (Å²) in [7, 11) is -0.418. The summed E-state index contributed by atoms with van der Waals surface area (Å²) in [6.07, 6.45) is 1.56. The largest absolute Gasteiger partial charge is 0.494 e. The lowest BCUT2D eigenvalue weighted by Crippen LogP contribution is -2.50. The quantitative estimate of drug-likeness (QED) is 0.589. The predicted octanol–water partition coefficient (Wildman–Crippen LogP) is 3.53. The molecule has 0 aliphatic carbocycles. The van der Waals surface area contributed by atoms with E-state index < -0.39 is 7.12 Å². The van der Waals surface area contributed by atoms with Crippen molar-refractivity contribution in [2.45, 2.75) is 51.5 Å². The molecule has 2 aromatic carbocycles. The summed E-state index contributed by atoms with van der Waals surface area (Å²) in [6, 6.07) is 16.0. The highest BCUT2D eigenvalue weighted by molar-refractivity contribution is 6.62. The summed E-state index contributed by atoms with van der Waals surface area (Å²) in [4.78, 5) is 18.6. The standard InChI is InChI=1S/C24H28BN3O4/c1-23(2)24(3,4)32-25(31-23)18-10-11-20-21(12-18)28(16-26-20)19-13-27(14-19)22(29)30-15-17-8-6-5-7-9-17/h5-12,16,19H,13-15H2,1-4H3. The van der Waals surface area contributed by atoms with Crippen molar-refractivity contribution < 1.29 is 18.8 Å². The number of ether oxygens (including phenoxy) is 1. The van der Waals surface area contributed by atoms with E-state index in [2.05, 4.69) is 43.3 Å². The average molecular weight is 433 g/mol. The number of carbonyl (C=O) groups excluding carboxylic acids is 1. The van der Waals surface area contributed by atoms with Crippen molar-refractivity contribution in [3.8, 4) is 0 Å². The van der Waals surface area contributed by atoms with E-state index in [-0.39, 0.29) is 29.9 Å². The van der Waals surface area contributed by atoms with Gasteiger partial charge in [-0.3, -0.25) is 0 Å². The van der Waals surface area contributed by atoms with Crippen LogP contribution in [0.2, 0.25) is 0 Å². The van der Waals surface area contributed by atoms with E-state index in [0.29, 0.717) is 13.1 Å². The molecule has 0 N–H and O–H groups in total. The van der Waals surface area contributed by atoms with Crippen molar-refractivity contribution in [3.63, 3.8) is 0 Å². The molecule has 2 aliphatic heterocycles. The molecule has 166 valence electrons. The van der Waals surface area contributed by atoms with Crippen molar-refractivity contribution in [3.05, 3.63) is 60.4 Å². The zero-order valence-corrected chi connectivity index (χ0v) is 18.9. The first-order valence-corrected chi connectivity index (χ1v) is 11.0. The van der Waals surface area contributed by atoms with Gasteiger partial charge in [0.1, 0.15) is 6.61 Å². The zero-order chi connectivity index (χ0) is 22.5. The summed E-state index contributed by atoms with van der Waals surface area (Å²) in [5, 5.41) is 0. The molecule has 0 atom stereocenters. The number of nitrogens with zero attached hydrogens (tertiary/aromatic N) is 3. The summed E-state index contributed by atoms with van der Waals surface area (Å²) in [5.74, 6) is 0. The molecule has 0 saturated carbocycles. The Bertz CT molecular complexity index is 1120. The van der Waals surface area contributed by atoms with Crippen molar-refractivity contribution in [2.24, 2.45) is 0 Å². The molecule has 0 unspecified atom stereocenters. The van der Waals surface area contributed by atoms with Gasteiger partial charge in [-0.05, 0) is 50.9 Å². The van der Waals surface area contributed by atoms with Gasteiger partial charge in [-0.25, -0.2) is 9.78 Å². The number of likely N-dealkylation sites (tertiary alicyclic amines) is 1. The van der Waals surface area contributed by atoms with Crippen LogP contribution in [0.15, 0.2) is 54.9 Å². The lowest BCUT2D eigenvalue weighted by atomic mass is 9.79. The maximum Gasteiger partial charge on any atom is 0.494 e. The third-order valence-corrected chi connectivity index (χ3v) is 6.84. The topological polar surface area (TPSA) is 65.8 Å². The van der Waals surface area contributed by atoms with E-state index in [4.69, 9.17) is 14.0 Å². The van der Waals surface area contributed by atoms with Gasteiger partial charge in [0.25, 0.3) is 0 Å². The normalized spacial score (nSPS) is 19.9. The van der Waals surface area contributed by atoms with Crippen molar-refractivity contribution >= 4 is 29.7 Å². The molecule has 0 bridgehead atoms. The predicted molar refractivity (Wildman–Crippen MR) is 123 cm³/mol. The highest BCUT2D eigenvalue weighted by atomic mass is 16.7. The van der Waals surface area contributed by atoms with Crippen LogP contribution < -0.4 is 5.46 Å². The number of amides is 1. The van der Waals surface area contributed by atoms with Crippen LogP contribution in [0.1, 0.15) is 39.3 Å². The Balaban J connectivity index is 1.26. The maximum atomic E-state index is 12.4. The Labute approximate surface area is 188 Å². The third kappa shape index (κ3) is 3.67. The Hall–Kier alpha value is -2.84. The van der Waals surface area contributed by atoms with E-state index >= 15 is 0 Å². The van der Waals surface area contributed by atoms with E-state index in [1.807, 2.05) is 48.8 Å². The molecule has 7 nitrogen and oxygen atoms in total. The van der Waals surface area contributed by atoms with E-state index in [0.717, 1.165) is 22.1 Å². The van der Waals surface area contributed by atoms with Crippen molar-refractivity contribution in [1.82, 2.24) is 14.5 Å². The smallest absolute Gasteiger partial charge is 0.445 e. The Morgan fingerprint density at radius 2 is 1.78 bits per heavy atom. The lowest BCUT2D eigenvalue weighted by Gasteiger charge is -2.39. The number of rotatable bonds is 4. The van der Waals surface area contributed by atoms with Gasteiger partial charge in [0, 0.05) is 13.1 Å². The van der Waals surface area contributed by atoms with Gasteiger partial charge >= 0.3 is 13.2 Å². The van der Waals surface area contributed by atoms with Crippen LogP contribution in [-0.2, 0) is 20.7 Å². The Morgan fingerprint density at radius 3 is 2.47 bits per heavy atom. The fourth-order valence-electron chi connectivity index (χ4n) is 4.05. The molecule has 2 fully saturated rings. The second kappa shape index (κ2) is 7.64. The van der Waals surface area contributed by atoms with E-state index in [9.17, 15) is 4.79 Å². The number of imidazole rings is 1. The van der Waals surface area contributed by atoms with Crippen LogP contribution in [0, 0.1) is 0 Å². The molecule has 3 aromatic rings. The molecule has 5 rings (SSSR count). The van der Waals surface area contributed by atoms with Gasteiger partial charge in [0.15, 0.2) is 0 Å². The third-order valence-electron chi connectivity index (χ3n) is 6.84. The fraction of sp³-hybridized carbons (Fsp3) is 0.417. The van der Waals surface area contributed by atoms with Crippen LogP contribution >= 0.6 is 0 Å². The van der Waals surface area contributed by atoms with Gasteiger partial charge < -0.3 is 23.5 Å². The Morgan fingerprint density at radius 1 is 1.09 bits per heavy atom. The zero-order valence-electron chi connectivity index (χ0n) is 18.9. The number of carbonyl (C=O) groups is 1. The molecule has 8 heteroatoms. The molecule has 3 heterocycles. The number of benzene rings is 2. The van der Waals surface area contributed by atoms with Gasteiger partial charge in [0.2, 0.25) is 0 Å². The second-order valence-corrected chi connectivity index (χ2v) is 9.59. The van der Waals surface area contributed by atoms with E-state index in [1.165, 1.54) is 0 Å². The average Bonchev–Trinajstić information content (AvgIpc) is 3.23. The minimum Gasteiger partial charge on any atom is -0.445 e. The maximum absolute atomic E-state index is 12.4. The number of hydrogen-bond acceptors (Lipinski definition) is 5. The monoisotopic (exact) mass is 433 g/mol. The molecule has 32 heavy (non-hydrogen) atoms. The van der Waals surface area contributed by atoms with Crippen LogP contribution in [0.5, 0.6) is 0 Å². The fourth-order valence-corrected chi connectivity index (χ4v) is 4.05. The summed E-state index contributed by atoms with van der Waals surface area (Å²) < 4.78 is 20.0. The van der Waals surface area contributed by atoms with Crippen LogP contribution in [0.25, 0.3) is 11.0 Å². The van der Waals surface area contributed by atoms with E-state index in [1.54, 1.807) is 4.90 Å². The molecule has 2 aliphatic rings. The first-order chi connectivity index (χ1) is 15.2. The molecule has 1 aromatic heterocycles. The lowest BCUT2D eigenvalue weighted by molar-refractivity contribution is 0.00578. The molecule has 2 saturated heterocycles. The molecule has 1 amide bonds. The van der Waals surface area contributed by atoms with Gasteiger partial charge in [-0.15, -0.1) is 0 Å².